The van der Waals surface area contributed by atoms with Gasteiger partial charge in [0, 0.05) is 19.0 Å². The Hall–Kier alpha value is -2.26. The quantitative estimate of drug-likeness (QED) is 0.761. The SMILES string of the molecule is Cc1nc([C@@H]2CN(C(=O)c3cc4c(C)nn(C)c4s3)CCO2)n[nH]1. The van der Waals surface area contributed by atoms with Gasteiger partial charge in [0.15, 0.2) is 5.82 Å². The molecular formula is C15H18N6O2S. The van der Waals surface area contributed by atoms with E-state index in [0.717, 1.165) is 26.6 Å². The maximum absolute atomic E-state index is 12.9. The summed E-state index contributed by atoms with van der Waals surface area (Å²) in [5.74, 6) is 1.36. The van der Waals surface area contributed by atoms with Gasteiger partial charge in [-0.1, -0.05) is 0 Å². The summed E-state index contributed by atoms with van der Waals surface area (Å²) in [5.41, 5.74) is 0.943. The van der Waals surface area contributed by atoms with Crippen LogP contribution in [0.4, 0.5) is 0 Å². The first-order valence-corrected chi connectivity index (χ1v) is 8.57. The molecule has 8 nitrogen and oxygen atoms in total. The van der Waals surface area contributed by atoms with E-state index in [0.29, 0.717) is 25.5 Å². The fraction of sp³-hybridized carbons (Fsp3) is 0.467. The third-order valence-electron chi connectivity index (χ3n) is 4.16. The van der Waals surface area contributed by atoms with Crippen LogP contribution in [-0.4, -0.2) is 55.5 Å². The standard InChI is InChI=1S/C15H18N6O2S/c1-8-10-6-12(24-15(10)20(3)19-8)14(22)21-4-5-23-11(7-21)13-16-9(2)17-18-13/h6,11H,4-5,7H2,1-3H3,(H,16,17,18)/t11-/m0/s1. The number of nitrogens with zero attached hydrogens (tertiary/aromatic N) is 5. The number of carbonyl (C=O) groups is 1. The molecule has 9 heteroatoms. The molecule has 0 unspecified atom stereocenters. The summed E-state index contributed by atoms with van der Waals surface area (Å²) in [7, 11) is 1.90. The molecule has 1 aliphatic rings. The fourth-order valence-electron chi connectivity index (χ4n) is 2.96. The first-order chi connectivity index (χ1) is 11.5. The van der Waals surface area contributed by atoms with Crippen molar-refractivity contribution in [3.05, 3.63) is 28.3 Å². The molecule has 1 saturated heterocycles. The minimum Gasteiger partial charge on any atom is -0.366 e. The van der Waals surface area contributed by atoms with E-state index >= 15 is 0 Å². The number of aryl methyl sites for hydroxylation is 3. The van der Waals surface area contributed by atoms with Crippen molar-refractivity contribution in [2.45, 2.75) is 20.0 Å². The number of ether oxygens (including phenoxy) is 1. The van der Waals surface area contributed by atoms with E-state index in [1.54, 1.807) is 0 Å². The molecule has 1 aliphatic heterocycles. The lowest BCUT2D eigenvalue weighted by molar-refractivity contribution is -0.0265. The topological polar surface area (TPSA) is 88.9 Å². The highest BCUT2D eigenvalue weighted by atomic mass is 32.1. The molecule has 0 aliphatic carbocycles. The Morgan fingerprint density at radius 2 is 2.29 bits per heavy atom. The predicted octanol–water partition coefficient (Wildman–Crippen LogP) is 1.58. The van der Waals surface area contributed by atoms with Crippen LogP contribution in [0, 0.1) is 13.8 Å². The van der Waals surface area contributed by atoms with E-state index < -0.39 is 0 Å². The number of thiophene rings is 1. The van der Waals surface area contributed by atoms with Crippen molar-refractivity contribution >= 4 is 27.5 Å². The molecule has 4 rings (SSSR count). The van der Waals surface area contributed by atoms with Crippen LogP contribution in [0.5, 0.6) is 0 Å². The smallest absolute Gasteiger partial charge is 0.264 e. The predicted molar refractivity (Wildman–Crippen MR) is 89.0 cm³/mol. The number of morpholine rings is 1. The Labute approximate surface area is 142 Å². The summed E-state index contributed by atoms with van der Waals surface area (Å²) in [6, 6.07) is 1.94. The maximum Gasteiger partial charge on any atom is 0.264 e. The summed E-state index contributed by atoms with van der Waals surface area (Å²) in [6.45, 7) is 5.32. The minimum atomic E-state index is -0.287. The monoisotopic (exact) mass is 346 g/mol. The lowest BCUT2D eigenvalue weighted by Gasteiger charge is -2.31. The number of hydrogen-bond acceptors (Lipinski definition) is 6. The second kappa shape index (κ2) is 5.67. The van der Waals surface area contributed by atoms with E-state index in [2.05, 4.69) is 20.3 Å². The lowest BCUT2D eigenvalue weighted by atomic mass is 10.2. The second-order valence-corrected chi connectivity index (χ2v) is 6.96. The van der Waals surface area contributed by atoms with E-state index in [9.17, 15) is 4.79 Å². The summed E-state index contributed by atoms with van der Waals surface area (Å²) in [4.78, 5) is 20.7. The van der Waals surface area contributed by atoms with E-state index in [-0.39, 0.29) is 12.0 Å². The Morgan fingerprint density at radius 3 is 3.00 bits per heavy atom. The number of nitrogens with one attached hydrogen (secondary N) is 1. The maximum atomic E-state index is 12.9. The van der Waals surface area contributed by atoms with E-state index in [1.807, 2.05) is 36.5 Å². The van der Waals surface area contributed by atoms with Crippen molar-refractivity contribution in [1.82, 2.24) is 29.9 Å². The number of carbonyl (C=O) groups excluding carboxylic acids is 1. The number of hydrogen-bond donors (Lipinski definition) is 1. The normalized spacial score (nSPS) is 18.5. The molecule has 0 bridgehead atoms. The van der Waals surface area contributed by atoms with Crippen LogP contribution < -0.4 is 0 Å². The Morgan fingerprint density at radius 1 is 1.46 bits per heavy atom. The van der Waals surface area contributed by atoms with Gasteiger partial charge in [-0.15, -0.1) is 11.3 Å². The van der Waals surface area contributed by atoms with Gasteiger partial charge in [0.1, 0.15) is 16.8 Å². The van der Waals surface area contributed by atoms with Crippen molar-refractivity contribution in [2.24, 2.45) is 7.05 Å². The molecule has 4 heterocycles. The fourth-order valence-corrected chi connectivity index (χ4v) is 4.05. The minimum absolute atomic E-state index is 0.0242. The molecular weight excluding hydrogens is 328 g/mol. The number of aromatic nitrogens is 5. The van der Waals surface area contributed by atoms with Crippen molar-refractivity contribution in [3.8, 4) is 0 Å². The molecule has 0 aromatic carbocycles. The third-order valence-corrected chi connectivity index (χ3v) is 5.35. The van der Waals surface area contributed by atoms with Gasteiger partial charge in [-0.2, -0.15) is 10.2 Å². The van der Waals surface area contributed by atoms with Gasteiger partial charge in [-0.25, -0.2) is 4.98 Å². The molecule has 3 aromatic rings. The van der Waals surface area contributed by atoms with Crippen LogP contribution in [0.15, 0.2) is 6.07 Å². The van der Waals surface area contributed by atoms with Gasteiger partial charge in [-0.3, -0.25) is 14.6 Å². The lowest BCUT2D eigenvalue weighted by Crippen LogP contribution is -2.42. The molecule has 1 N–H and O–H groups in total. The summed E-state index contributed by atoms with van der Waals surface area (Å²) >= 11 is 1.48. The summed E-state index contributed by atoms with van der Waals surface area (Å²) in [5, 5.41) is 12.4. The van der Waals surface area contributed by atoms with Crippen LogP contribution in [0.3, 0.4) is 0 Å². The van der Waals surface area contributed by atoms with Crippen LogP contribution in [0.1, 0.15) is 33.1 Å². The number of rotatable bonds is 2. The highest BCUT2D eigenvalue weighted by molar-refractivity contribution is 7.20. The largest absolute Gasteiger partial charge is 0.366 e. The van der Waals surface area contributed by atoms with Gasteiger partial charge in [0.05, 0.1) is 23.7 Å². The van der Waals surface area contributed by atoms with Crippen molar-refractivity contribution in [3.63, 3.8) is 0 Å². The average Bonchev–Trinajstić information content (AvgIpc) is 3.25. The Bertz CT molecular complexity index is 876. The number of H-pyrrole nitrogens is 1. The third kappa shape index (κ3) is 2.49. The first kappa shape index (κ1) is 15.3. The zero-order chi connectivity index (χ0) is 16.8. The molecule has 126 valence electrons. The Balaban J connectivity index is 1.57. The van der Waals surface area contributed by atoms with Crippen LogP contribution in [0.2, 0.25) is 0 Å². The highest BCUT2D eigenvalue weighted by Gasteiger charge is 2.29. The summed E-state index contributed by atoms with van der Waals surface area (Å²) in [6.07, 6.45) is -0.287. The summed E-state index contributed by atoms with van der Waals surface area (Å²) < 4.78 is 7.55. The van der Waals surface area contributed by atoms with E-state index in [1.165, 1.54) is 11.3 Å². The zero-order valence-electron chi connectivity index (χ0n) is 13.7. The zero-order valence-corrected chi connectivity index (χ0v) is 14.6. The van der Waals surface area contributed by atoms with Crippen LogP contribution in [0.25, 0.3) is 10.2 Å². The molecule has 0 saturated carbocycles. The first-order valence-electron chi connectivity index (χ1n) is 7.76. The Kier molecular flexibility index (Phi) is 3.61. The molecule has 24 heavy (non-hydrogen) atoms. The van der Waals surface area contributed by atoms with Crippen molar-refractivity contribution < 1.29 is 9.53 Å². The molecule has 0 spiro atoms. The molecule has 1 atom stereocenters. The van der Waals surface area contributed by atoms with Gasteiger partial charge < -0.3 is 9.64 Å². The van der Waals surface area contributed by atoms with Gasteiger partial charge in [-0.05, 0) is 19.9 Å². The number of fused-ring (bicyclic) bond motifs is 1. The molecule has 1 amide bonds. The number of aromatic amines is 1. The second-order valence-electron chi connectivity index (χ2n) is 5.93. The van der Waals surface area contributed by atoms with Gasteiger partial charge in [0.2, 0.25) is 0 Å². The molecule has 1 fully saturated rings. The van der Waals surface area contributed by atoms with Crippen molar-refractivity contribution in [2.75, 3.05) is 19.7 Å². The van der Waals surface area contributed by atoms with Crippen LogP contribution in [-0.2, 0) is 11.8 Å². The number of amides is 1. The van der Waals surface area contributed by atoms with E-state index in [4.69, 9.17) is 4.74 Å². The molecule has 3 aromatic heterocycles. The van der Waals surface area contributed by atoms with Crippen LogP contribution >= 0.6 is 11.3 Å². The van der Waals surface area contributed by atoms with Gasteiger partial charge in [0.25, 0.3) is 5.91 Å². The average molecular weight is 346 g/mol. The van der Waals surface area contributed by atoms with Crippen molar-refractivity contribution in [1.29, 1.82) is 0 Å². The molecule has 0 radical (unpaired) electrons. The van der Waals surface area contributed by atoms with Gasteiger partial charge >= 0.3 is 0 Å². The highest BCUT2D eigenvalue weighted by Crippen LogP contribution is 2.29.